The van der Waals surface area contributed by atoms with E-state index in [9.17, 15) is 0 Å². The zero-order chi connectivity index (χ0) is 6.95. The fourth-order valence-corrected chi connectivity index (χ4v) is 1.95. The molecule has 1 radical (unpaired) electrons. The van der Waals surface area contributed by atoms with Crippen LogP contribution in [0.25, 0.3) is 0 Å². The van der Waals surface area contributed by atoms with Crippen molar-refractivity contribution in [2.45, 2.75) is 39.5 Å². The maximum atomic E-state index is 2.26. The molecule has 0 aliphatic carbocycles. The molecule has 0 heterocycles. The monoisotopic (exact) mass is 145 g/mol. The molecule has 0 unspecified atom stereocenters. The lowest BCUT2D eigenvalue weighted by Gasteiger charge is -1.95. The number of unbranched alkanes of at least 4 members (excludes halogenated alkanes) is 2. The van der Waals surface area contributed by atoms with E-state index in [4.69, 9.17) is 0 Å². The van der Waals surface area contributed by atoms with Crippen molar-refractivity contribution in [3.63, 3.8) is 0 Å². The van der Waals surface area contributed by atoms with E-state index in [2.05, 4.69) is 13.8 Å². The molecule has 0 atom stereocenters. The number of hydrogen-bond acceptors (Lipinski definition) is 0. The Morgan fingerprint density at radius 2 is 1.33 bits per heavy atom. The molecule has 0 aliphatic rings. The van der Waals surface area contributed by atoms with E-state index < -0.39 is 0 Å². The van der Waals surface area contributed by atoms with Crippen LogP contribution in [0, 0.1) is 0 Å². The van der Waals surface area contributed by atoms with Crippen molar-refractivity contribution in [2.75, 3.05) is 12.3 Å². The van der Waals surface area contributed by atoms with Crippen molar-refractivity contribution >= 4 is 8.58 Å². The quantitative estimate of drug-likeness (QED) is 0.396. The second-order valence-electron chi connectivity index (χ2n) is 2.38. The smallest absolute Gasteiger partial charge is 0.0287 e. The lowest BCUT2D eigenvalue weighted by molar-refractivity contribution is 0.874. The third-order valence-electron chi connectivity index (χ3n) is 1.34. The van der Waals surface area contributed by atoms with Crippen LogP contribution < -0.4 is 0 Å². The summed E-state index contributed by atoms with van der Waals surface area (Å²) in [5, 5.41) is 0. The average Bonchev–Trinajstić information content (AvgIpc) is 1.89. The topological polar surface area (TPSA) is 0 Å². The summed E-state index contributed by atoms with van der Waals surface area (Å²) in [7, 11) is 1.67. The third-order valence-corrected chi connectivity index (χ3v) is 2.60. The maximum Gasteiger partial charge on any atom is -0.0287 e. The highest BCUT2D eigenvalue weighted by Gasteiger charge is 1.86. The Balaban J connectivity index is 2.60. The van der Waals surface area contributed by atoms with Crippen LogP contribution in [0.15, 0.2) is 0 Å². The van der Waals surface area contributed by atoms with Gasteiger partial charge in [0.05, 0.1) is 0 Å². The van der Waals surface area contributed by atoms with Gasteiger partial charge in [-0.15, -0.1) is 0 Å². The summed E-state index contributed by atoms with van der Waals surface area (Å²) < 4.78 is 0. The van der Waals surface area contributed by atoms with Crippen LogP contribution in [0.4, 0.5) is 0 Å². The maximum absolute atomic E-state index is 2.26. The van der Waals surface area contributed by atoms with Crippen LogP contribution in [0.1, 0.15) is 39.5 Å². The molecular weight excluding hydrogens is 127 g/mol. The summed E-state index contributed by atoms with van der Waals surface area (Å²) >= 11 is 0. The minimum atomic E-state index is 1.36. The van der Waals surface area contributed by atoms with Gasteiger partial charge in [0, 0.05) is 0 Å². The zero-order valence-electron chi connectivity index (χ0n) is 6.69. The van der Waals surface area contributed by atoms with Crippen molar-refractivity contribution in [1.29, 1.82) is 0 Å². The molecule has 0 spiro atoms. The summed E-state index contributed by atoms with van der Waals surface area (Å²) in [6, 6.07) is 0. The van der Waals surface area contributed by atoms with Gasteiger partial charge in [-0.25, -0.2) is 0 Å². The van der Waals surface area contributed by atoms with Gasteiger partial charge in [0.2, 0.25) is 0 Å². The van der Waals surface area contributed by atoms with Gasteiger partial charge >= 0.3 is 0 Å². The van der Waals surface area contributed by atoms with E-state index in [-0.39, 0.29) is 0 Å². The van der Waals surface area contributed by atoms with Crippen LogP contribution >= 0.6 is 8.58 Å². The number of rotatable bonds is 6. The normalized spacial score (nSPS) is 10.0. The van der Waals surface area contributed by atoms with Crippen molar-refractivity contribution in [1.82, 2.24) is 0 Å². The predicted molar refractivity (Wildman–Crippen MR) is 46.5 cm³/mol. The van der Waals surface area contributed by atoms with E-state index in [0.717, 1.165) is 0 Å². The second kappa shape index (κ2) is 8.43. The minimum Gasteiger partial charge on any atom is -0.0810 e. The summed E-state index contributed by atoms with van der Waals surface area (Å²) in [6.07, 6.45) is 8.42. The van der Waals surface area contributed by atoms with Crippen LogP contribution in [-0.4, -0.2) is 12.3 Å². The molecule has 0 rings (SSSR count). The van der Waals surface area contributed by atoms with E-state index in [1.165, 1.54) is 38.0 Å². The predicted octanol–water partition coefficient (Wildman–Crippen LogP) is 3.53. The van der Waals surface area contributed by atoms with Crippen LogP contribution in [0.5, 0.6) is 0 Å². The Bertz CT molecular complexity index is 37.8. The van der Waals surface area contributed by atoms with Crippen molar-refractivity contribution in [2.24, 2.45) is 0 Å². The molecule has 0 amide bonds. The van der Waals surface area contributed by atoms with Crippen molar-refractivity contribution < 1.29 is 0 Å². The van der Waals surface area contributed by atoms with Gasteiger partial charge in [-0.3, -0.25) is 0 Å². The van der Waals surface area contributed by atoms with E-state index in [1.54, 1.807) is 8.58 Å². The SMILES string of the molecule is CCCC[P]CCCC. The molecule has 0 aliphatic heterocycles. The molecule has 0 bridgehead atoms. The molecule has 55 valence electrons. The second-order valence-corrected chi connectivity index (χ2v) is 3.72. The highest BCUT2D eigenvalue weighted by Crippen LogP contribution is 2.14. The highest BCUT2D eigenvalue weighted by atomic mass is 31.1. The van der Waals surface area contributed by atoms with E-state index in [0.29, 0.717) is 0 Å². The molecule has 1 heteroatoms. The molecule has 0 N–H and O–H groups in total. The Morgan fingerprint density at radius 3 is 1.67 bits per heavy atom. The van der Waals surface area contributed by atoms with Crippen molar-refractivity contribution in [3.05, 3.63) is 0 Å². The van der Waals surface area contributed by atoms with Gasteiger partial charge in [0.15, 0.2) is 0 Å². The van der Waals surface area contributed by atoms with Gasteiger partial charge in [0.25, 0.3) is 0 Å². The molecule has 0 aromatic heterocycles. The Morgan fingerprint density at radius 1 is 0.889 bits per heavy atom. The molecule has 9 heavy (non-hydrogen) atoms. The molecule has 0 fully saturated rings. The fourth-order valence-electron chi connectivity index (χ4n) is 0.652. The molecule has 0 saturated carbocycles. The first kappa shape index (κ1) is 9.43. The van der Waals surface area contributed by atoms with Crippen LogP contribution in [-0.2, 0) is 0 Å². The summed E-state index contributed by atoms with van der Waals surface area (Å²) in [5.41, 5.74) is 0. The number of hydrogen-bond donors (Lipinski definition) is 0. The fraction of sp³-hybridized carbons (Fsp3) is 1.00. The molecular formula is C8H18P. The van der Waals surface area contributed by atoms with E-state index >= 15 is 0 Å². The zero-order valence-corrected chi connectivity index (χ0v) is 7.58. The molecule has 0 aromatic rings. The lowest BCUT2D eigenvalue weighted by Crippen LogP contribution is -1.78. The van der Waals surface area contributed by atoms with E-state index in [1.807, 2.05) is 0 Å². The first-order valence-electron chi connectivity index (χ1n) is 4.05. The van der Waals surface area contributed by atoms with Gasteiger partial charge in [0.1, 0.15) is 0 Å². The minimum absolute atomic E-state index is 1.36. The van der Waals surface area contributed by atoms with Crippen LogP contribution in [0.2, 0.25) is 0 Å². The lowest BCUT2D eigenvalue weighted by atomic mass is 10.4. The largest absolute Gasteiger partial charge is 0.0810 e. The standard InChI is InChI=1S/C8H18P/c1-3-5-7-9-8-6-4-2/h3-8H2,1-2H3. The van der Waals surface area contributed by atoms with Crippen molar-refractivity contribution in [3.8, 4) is 0 Å². The average molecular weight is 145 g/mol. The highest BCUT2D eigenvalue weighted by molar-refractivity contribution is 7.37. The summed E-state index contributed by atoms with van der Waals surface area (Å²) in [4.78, 5) is 0. The van der Waals surface area contributed by atoms with Gasteiger partial charge in [-0.2, -0.15) is 0 Å². The van der Waals surface area contributed by atoms with Gasteiger partial charge in [-0.1, -0.05) is 35.3 Å². The van der Waals surface area contributed by atoms with Crippen LogP contribution in [0.3, 0.4) is 0 Å². The van der Waals surface area contributed by atoms with Gasteiger partial charge in [-0.05, 0) is 25.2 Å². The Hall–Kier alpha value is 0.430. The van der Waals surface area contributed by atoms with Gasteiger partial charge < -0.3 is 0 Å². The third kappa shape index (κ3) is 8.43. The first-order chi connectivity index (χ1) is 4.41. The molecule has 0 saturated heterocycles. The summed E-state index contributed by atoms with van der Waals surface area (Å²) in [6.45, 7) is 4.52. The molecule has 0 aromatic carbocycles. The Labute approximate surface area is 61.2 Å². The summed E-state index contributed by atoms with van der Waals surface area (Å²) in [5.74, 6) is 0. The Kier molecular flexibility index (Phi) is 8.83. The first-order valence-corrected chi connectivity index (χ1v) is 5.31. The molecule has 0 nitrogen and oxygen atoms in total.